The fourth-order valence-corrected chi connectivity index (χ4v) is 7.48. The van der Waals surface area contributed by atoms with Crippen LogP contribution in [-0.4, -0.2) is 11.0 Å². The SMILES string of the molecule is c1cncc(CN[C@H]2C3C4CC5C6C4CC3C6C52)c1. The third-order valence-electron chi connectivity index (χ3n) is 7.59. The molecular formula is C17H20N2. The van der Waals surface area contributed by atoms with Gasteiger partial charge >= 0.3 is 0 Å². The zero-order valence-corrected chi connectivity index (χ0v) is 11.1. The van der Waals surface area contributed by atoms with Gasteiger partial charge in [-0.2, -0.15) is 0 Å². The maximum absolute atomic E-state index is 4.23. The molecule has 0 aromatic carbocycles. The minimum atomic E-state index is 0.850. The number of fused-ring (bicyclic) bond motifs is 2. The average Bonchev–Trinajstić information content (AvgIpc) is 2.96. The van der Waals surface area contributed by atoms with Crippen LogP contribution in [0.4, 0.5) is 0 Å². The largest absolute Gasteiger partial charge is 0.309 e. The van der Waals surface area contributed by atoms with E-state index in [4.69, 9.17) is 0 Å². The lowest BCUT2D eigenvalue weighted by Gasteiger charge is -2.48. The topological polar surface area (TPSA) is 24.9 Å². The Bertz CT molecular complexity index is 535. The second-order valence-corrected chi connectivity index (χ2v) is 7.70. The van der Waals surface area contributed by atoms with Gasteiger partial charge in [-0.25, -0.2) is 0 Å². The van der Waals surface area contributed by atoms with Crippen LogP contribution in [0.2, 0.25) is 0 Å². The first-order valence-corrected chi connectivity index (χ1v) is 8.06. The van der Waals surface area contributed by atoms with Gasteiger partial charge in [-0.05, 0) is 71.8 Å². The number of rotatable bonds is 3. The van der Waals surface area contributed by atoms with Crippen LogP contribution in [-0.2, 0) is 6.54 Å². The molecule has 9 atom stereocenters. The number of hydrogen-bond acceptors (Lipinski definition) is 2. The molecule has 8 unspecified atom stereocenters. The van der Waals surface area contributed by atoms with Crippen molar-refractivity contribution in [2.75, 3.05) is 0 Å². The number of nitrogens with zero attached hydrogens (tertiary/aromatic N) is 1. The van der Waals surface area contributed by atoms with Crippen LogP contribution in [0.25, 0.3) is 0 Å². The molecule has 0 amide bonds. The van der Waals surface area contributed by atoms with Crippen molar-refractivity contribution in [1.82, 2.24) is 10.3 Å². The van der Waals surface area contributed by atoms with Crippen molar-refractivity contribution >= 4 is 0 Å². The van der Waals surface area contributed by atoms with E-state index in [1.807, 2.05) is 12.4 Å². The minimum absolute atomic E-state index is 0.850. The van der Waals surface area contributed by atoms with E-state index in [1.165, 1.54) is 11.5 Å². The molecule has 5 aliphatic rings. The maximum atomic E-state index is 4.23. The lowest BCUT2D eigenvalue weighted by molar-refractivity contribution is 0.00939. The third-order valence-corrected chi connectivity index (χ3v) is 7.59. The van der Waals surface area contributed by atoms with Gasteiger partial charge in [0.15, 0.2) is 0 Å². The van der Waals surface area contributed by atoms with E-state index in [2.05, 4.69) is 22.4 Å². The van der Waals surface area contributed by atoms with Crippen LogP contribution in [0.3, 0.4) is 0 Å². The molecule has 5 saturated carbocycles. The van der Waals surface area contributed by atoms with Crippen LogP contribution < -0.4 is 5.32 Å². The third kappa shape index (κ3) is 0.950. The summed E-state index contributed by atoms with van der Waals surface area (Å²) in [4.78, 5) is 4.23. The van der Waals surface area contributed by atoms with Gasteiger partial charge in [0, 0.05) is 25.0 Å². The van der Waals surface area contributed by atoms with E-state index in [9.17, 15) is 0 Å². The number of hydrogen-bond donors (Lipinski definition) is 1. The number of nitrogens with one attached hydrogen (secondary N) is 1. The van der Waals surface area contributed by atoms with Gasteiger partial charge in [0.25, 0.3) is 0 Å². The summed E-state index contributed by atoms with van der Waals surface area (Å²) in [6.45, 7) is 1.03. The maximum Gasteiger partial charge on any atom is 0.0312 e. The van der Waals surface area contributed by atoms with E-state index in [-0.39, 0.29) is 0 Å². The van der Waals surface area contributed by atoms with Crippen LogP contribution in [0, 0.1) is 47.3 Å². The summed E-state index contributed by atoms with van der Waals surface area (Å²) in [5, 5.41) is 3.93. The van der Waals surface area contributed by atoms with Crippen LogP contribution in [0.5, 0.6) is 0 Å². The van der Waals surface area contributed by atoms with Crippen molar-refractivity contribution in [3.8, 4) is 0 Å². The summed E-state index contributed by atoms with van der Waals surface area (Å²) in [5.41, 5.74) is 1.35. The van der Waals surface area contributed by atoms with Crippen molar-refractivity contribution in [3.05, 3.63) is 30.1 Å². The molecule has 19 heavy (non-hydrogen) atoms. The highest BCUT2D eigenvalue weighted by Crippen LogP contribution is 2.82. The Kier molecular flexibility index (Phi) is 1.60. The van der Waals surface area contributed by atoms with Crippen molar-refractivity contribution in [2.45, 2.75) is 25.4 Å². The summed E-state index contributed by atoms with van der Waals surface area (Å²) in [7, 11) is 0. The van der Waals surface area contributed by atoms with Gasteiger partial charge < -0.3 is 5.32 Å². The number of aromatic nitrogens is 1. The second-order valence-electron chi connectivity index (χ2n) is 7.70. The van der Waals surface area contributed by atoms with Gasteiger partial charge in [0.05, 0.1) is 0 Å². The van der Waals surface area contributed by atoms with E-state index in [0.717, 1.165) is 54.0 Å². The van der Waals surface area contributed by atoms with Gasteiger partial charge in [0.2, 0.25) is 0 Å². The van der Waals surface area contributed by atoms with Crippen molar-refractivity contribution in [1.29, 1.82) is 0 Å². The summed E-state index contributed by atoms with van der Waals surface area (Å²) in [5.74, 6) is 8.94. The molecule has 1 aromatic heterocycles. The van der Waals surface area contributed by atoms with E-state index >= 15 is 0 Å². The molecule has 0 aliphatic heterocycles. The lowest BCUT2D eigenvalue weighted by atomic mass is 9.59. The fourth-order valence-electron chi connectivity index (χ4n) is 7.48. The highest BCUT2D eigenvalue weighted by molar-refractivity contribution is 5.29. The van der Waals surface area contributed by atoms with Gasteiger partial charge in [-0.1, -0.05) is 6.07 Å². The molecule has 0 saturated heterocycles. The molecule has 1 heterocycles. The highest BCUT2D eigenvalue weighted by Gasteiger charge is 2.80. The quantitative estimate of drug-likeness (QED) is 0.893. The lowest BCUT2D eigenvalue weighted by Crippen LogP contribution is -2.51. The molecular weight excluding hydrogens is 232 g/mol. The zero-order valence-electron chi connectivity index (χ0n) is 11.1. The van der Waals surface area contributed by atoms with E-state index in [1.54, 1.807) is 12.8 Å². The molecule has 0 spiro atoms. The van der Waals surface area contributed by atoms with Crippen LogP contribution in [0.1, 0.15) is 18.4 Å². The predicted molar refractivity (Wildman–Crippen MR) is 72.0 cm³/mol. The van der Waals surface area contributed by atoms with Crippen molar-refractivity contribution in [3.63, 3.8) is 0 Å². The van der Waals surface area contributed by atoms with Crippen molar-refractivity contribution in [2.24, 2.45) is 47.3 Å². The highest BCUT2D eigenvalue weighted by atomic mass is 15.0. The smallest absolute Gasteiger partial charge is 0.0312 e. The van der Waals surface area contributed by atoms with Crippen LogP contribution >= 0.6 is 0 Å². The van der Waals surface area contributed by atoms with Crippen LogP contribution in [0.15, 0.2) is 24.5 Å². The molecule has 1 N–H and O–H groups in total. The molecule has 5 aliphatic carbocycles. The summed E-state index contributed by atoms with van der Waals surface area (Å²) < 4.78 is 0. The first-order chi connectivity index (χ1) is 9.43. The summed E-state index contributed by atoms with van der Waals surface area (Å²) >= 11 is 0. The van der Waals surface area contributed by atoms with Gasteiger partial charge in [0.1, 0.15) is 0 Å². The standard InChI is InChI=1S/C17H20N2/c1-2-8(6-18-3-1)7-19-17-14-10-5-11-13-9(10)4-12(14)15(13)16(11)17/h1-3,6,9-17,19H,4-5,7H2/t9?,10?,11?,12?,13?,14?,15?,16?,17-/m0/s1. The Balaban J connectivity index is 1.29. The van der Waals surface area contributed by atoms with E-state index < -0.39 is 0 Å². The van der Waals surface area contributed by atoms with Crippen molar-refractivity contribution < 1.29 is 0 Å². The first kappa shape index (κ1) is 9.93. The number of pyridine rings is 1. The molecule has 0 radical (unpaired) electrons. The zero-order chi connectivity index (χ0) is 12.1. The Morgan fingerprint density at radius 1 is 1.00 bits per heavy atom. The van der Waals surface area contributed by atoms with Gasteiger partial charge in [-0.15, -0.1) is 0 Å². The monoisotopic (exact) mass is 252 g/mol. The second kappa shape index (κ2) is 3.06. The van der Waals surface area contributed by atoms with E-state index in [0.29, 0.717) is 0 Å². The molecule has 2 heteroatoms. The Morgan fingerprint density at radius 2 is 1.84 bits per heavy atom. The normalized spacial score (nSPS) is 58.0. The average molecular weight is 252 g/mol. The Morgan fingerprint density at radius 3 is 2.68 bits per heavy atom. The molecule has 5 fully saturated rings. The predicted octanol–water partition coefficient (Wildman–Crippen LogP) is 2.32. The minimum Gasteiger partial charge on any atom is -0.309 e. The van der Waals surface area contributed by atoms with Gasteiger partial charge in [-0.3, -0.25) is 4.98 Å². The Hall–Kier alpha value is -0.890. The molecule has 2 bridgehead atoms. The Labute approximate surface area is 114 Å². The summed E-state index contributed by atoms with van der Waals surface area (Å²) in [6, 6.07) is 5.10. The fraction of sp³-hybridized carbons (Fsp3) is 0.706. The molecule has 98 valence electrons. The first-order valence-electron chi connectivity index (χ1n) is 8.06. The molecule has 2 nitrogen and oxygen atoms in total. The molecule has 1 aromatic rings. The summed E-state index contributed by atoms with van der Waals surface area (Å²) in [6.07, 6.45) is 7.08. The molecule has 6 rings (SSSR count).